The quantitative estimate of drug-likeness (QED) is 0.471. The number of halogens is 2. The van der Waals surface area contributed by atoms with Gasteiger partial charge in [-0.3, -0.25) is 10.1 Å². The molecular weight excluding hydrogens is 445 g/mol. The number of aromatic nitrogens is 5. The lowest BCUT2D eigenvalue weighted by Crippen LogP contribution is -2.32. The van der Waals surface area contributed by atoms with Crippen LogP contribution in [0.15, 0.2) is 48.8 Å². The highest BCUT2D eigenvalue weighted by Gasteiger charge is 2.66. The Morgan fingerprint density at radius 1 is 1.12 bits per heavy atom. The van der Waals surface area contributed by atoms with E-state index in [1.807, 2.05) is 36.7 Å². The van der Waals surface area contributed by atoms with Crippen molar-refractivity contribution in [2.45, 2.75) is 11.8 Å². The smallest absolute Gasteiger partial charge is 0.202 e. The highest BCUT2D eigenvalue weighted by Crippen LogP contribution is 2.62. The molecule has 3 atom stereocenters. The average Bonchev–Trinajstić information content (AvgIpc) is 3.31. The molecule has 6 rings (SSSR count). The Balaban J connectivity index is 1.30. The average molecular weight is 466 g/mol. The van der Waals surface area contributed by atoms with Gasteiger partial charge in [0, 0.05) is 42.5 Å². The summed E-state index contributed by atoms with van der Waals surface area (Å²) in [4.78, 5) is 16.4. The minimum absolute atomic E-state index is 0.0314. The van der Waals surface area contributed by atoms with Crippen molar-refractivity contribution in [2.24, 2.45) is 17.6 Å². The van der Waals surface area contributed by atoms with Crippen LogP contribution in [0.3, 0.4) is 0 Å². The first-order valence-electron chi connectivity index (χ1n) is 10.7. The van der Waals surface area contributed by atoms with Crippen LogP contribution in [0.2, 0.25) is 10.0 Å². The number of fused-ring (bicyclic) bond motifs is 2. The molecule has 1 aromatic carbocycles. The first kappa shape index (κ1) is 19.9. The van der Waals surface area contributed by atoms with Crippen LogP contribution >= 0.6 is 23.2 Å². The van der Waals surface area contributed by atoms with Crippen LogP contribution in [0.5, 0.6) is 0 Å². The van der Waals surface area contributed by atoms with E-state index in [0.717, 1.165) is 36.6 Å². The van der Waals surface area contributed by atoms with Crippen molar-refractivity contribution in [2.75, 3.05) is 24.5 Å². The summed E-state index contributed by atoms with van der Waals surface area (Å²) < 4.78 is 0. The monoisotopic (exact) mass is 465 g/mol. The van der Waals surface area contributed by atoms with Gasteiger partial charge in [-0.1, -0.05) is 41.4 Å². The van der Waals surface area contributed by atoms with Crippen molar-refractivity contribution >= 4 is 40.2 Å². The van der Waals surface area contributed by atoms with Crippen LogP contribution in [0.25, 0.3) is 22.4 Å². The molecule has 9 heteroatoms. The summed E-state index contributed by atoms with van der Waals surface area (Å²) >= 11 is 12.6. The highest BCUT2D eigenvalue weighted by atomic mass is 35.5. The Morgan fingerprint density at radius 3 is 2.84 bits per heavy atom. The molecule has 0 amide bonds. The Hall–Kier alpha value is -2.74. The van der Waals surface area contributed by atoms with Gasteiger partial charge in [-0.05, 0) is 36.5 Å². The molecule has 1 saturated heterocycles. The predicted molar refractivity (Wildman–Crippen MR) is 126 cm³/mol. The third kappa shape index (κ3) is 2.85. The van der Waals surface area contributed by atoms with Crippen molar-refractivity contribution in [1.29, 1.82) is 0 Å². The number of anilines is 1. The summed E-state index contributed by atoms with van der Waals surface area (Å²) in [6.07, 6.45) is 4.73. The van der Waals surface area contributed by atoms with Gasteiger partial charge in [-0.15, -0.1) is 0 Å². The fourth-order valence-corrected chi connectivity index (χ4v) is 5.83. The third-order valence-electron chi connectivity index (χ3n) is 7.10. The molecule has 7 nitrogen and oxygen atoms in total. The van der Waals surface area contributed by atoms with Gasteiger partial charge in [-0.2, -0.15) is 5.10 Å². The zero-order valence-corrected chi connectivity index (χ0v) is 18.7. The number of rotatable bonds is 4. The van der Waals surface area contributed by atoms with Crippen LogP contribution < -0.4 is 10.6 Å². The summed E-state index contributed by atoms with van der Waals surface area (Å²) in [6.45, 7) is 2.41. The Bertz CT molecular complexity index is 1310. The van der Waals surface area contributed by atoms with Crippen LogP contribution in [-0.2, 0) is 5.41 Å². The molecule has 0 spiro atoms. The largest absolute Gasteiger partial charge is 0.355 e. The molecule has 0 radical (unpaired) electrons. The van der Waals surface area contributed by atoms with Crippen LogP contribution in [-0.4, -0.2) is 44.8 Å². The van der Waals surface area contributed by atoms with E-state index in [2.05, 4.69) is 31.1 Å². The Labute approximate surface area is 195 Å². The van der Waals surface area contributed by atoms with Crippen molar-refractivity contribution in [3.63, 3.8) is 0 Å². The fraction of sp³-hybridized carbons (Fsp3) is 0.304. The van der Waals surface area contributed by atoms with E-state index in [4.69, 9.17) is 33.9 Å². The first-order chi connectivity index (χ1) is 15.6. The molecule has 0 unspecified atom stereocenters. The van der Waals surface area contributed by atoms with Gasteiger partial charge in [0.2, 0.25) is 5.65 Å². The maximum absolute atomic E-state index is 6.40. The molecule has 0 bridgehead atoms. The second kappa shape index (κ2) is 7.40. The Kier molecular flexibility index (Phi) is 4.61. The summed E-state index contributed by atoms with van der Waals surface area (Å²) in [5, 5.41) is 8.37. The lowest BCUT2D eigenvalue weighted by molar-refractivity contribution is 0.545. The Morgan fingerprint density at radius 2 is 2.03 bits per heavy atom. The second-order valence-electron chi connectivity index (χ2n) is 8.51. The van der Waals surface area contributed by atoms with E-state index in [9.17, 15) is 0 Å². The molecule has 4 heterocycles. The van der Waals surface area contributed by atoms with Crippen molar-refractivity contribution in [3.8, 4) is 11.3 Å². The van der Waals surface area contributed by atoms with Gasteiger partial charge >= 0.3 is 0 Å². The van der Waals surface area contributed by atoms with E-state index >= 15 is 0 Å². The standard InChI is InChI=1S/C23H21Cl2N7/c24-16-5-3-4-13(19(16)25)20-21-22(31-30-20)29-18(10-28-21)32-9-7-14-15(11-32)23(14,12-26)17-6-1-2-8-27-17/h1-6,8,10,14-15H,7,9,11-12,26H2,(H,29,30,31)/t14-,15+,23+/m1/s1. The summed E-state index contributed by atoms with van der Waals surface area (Å²) in [5.41, 5.74) is 10.1. The molecule has 3 aromatic heterocycles. The number of piperidine rings is 1. The molecule has 2 aliphatic rings. The van der Waals surface area contributed by atoms with E-state index in [1.165, 1.54) is 0 Å². The topological polar surface area (TPSA) is 96.6 Å². The van der Waals surface area contributed by atoms with Crippen LogP contribution in [0.1, 0.15) is 12.1 Å². The summed E-state index contributed by atoms with van der Waals surface area (Å²) in [6, 6.07) is 11.6. The van der Waals surface area contributed by atoms with Crippen molar-refractivity contribution in [1.82, 2.24) is 25.1 Å². The normalized spacial score (nSPS) is 24.5. The van der Waals surface area contributed by atoms with E-state index < -0.39 is 0 Å². The SMILES string of the molecule is NC[C@]1(c2ccccn2)[C@@H]2CCN(c3cnc4c(-c5cccc(Cl)c5Cl)[nH]nc4n3)C[C@@H]21. The van der Waals surface area contributed by atoms with Gasteiger partial charge in [0.15, 0.2) is 0 Å². The number of nitrogens with zero attached hydrogens (tertiary/aromatic N) is 5. The third-order valence-corrected chi connectivity index (χ3v) is 7.92. The number of benzene rings is 1. The number of aromatic amines is 1. The molecular formula is C23H21Cl2N7. The number of hydrogen-bond donors (Lipinski definition) is 2. The molecule has 1 aliphatic heterocycles. The van der Waals surface area contributed by atoms with Gasteiger partial charge in [0.05, 0.1) is 21.9 Å². The van der Waals surface area contributed by atoms with Crippen LogP contribution in [0.4, 0.5) is 5.82 Å². The lowest BCUT2D eigenvalue weighted by Gasteiger charge is -2.26. The zero-order chi connectivity index (χ0) is 21.9. The van der Waals surface area contributed by atoms with Crippen molar-refractivity contribution in [3.05, 3.63) is 64.5 Å². The van der Waals surface area contributed by atoms with Gasteiger partial charge in [0.1, 0.15) is 11.3 Å². The fourth-order valence-electron chi connectivity index (χ4n) is 5.43. The summed E-state index contributed by atoms with van der Waals surface area (Å²) in [5.74, 6) is 1.86. The molecule has 1 saturated carbocycles. The van der Waals surface area contributed by atoms with Crippen molar-refractivity contribution < 1.29 is 0 Å². The first-order valence-corrected chi connectivity index (χ1v) is 11.4. The second-order valence-corrected chi connectivity index (χ2v) is 9.29. The minimum atomic E-state index is -0.0314. The molecule has 2 fully saturated rings. The van der Waals surface area contributed by atoms with Gasteiger partial charge in [0.25, 0.3) is 0 Å². The lowest BCUT2D eigenvalue weighted by atomic mass is 9.96. The number of H-pyrrole nitrogens is 1. The predicted octanol–water partition coefficient (Wildman–Crippen LogP) is 4.07. The van der Waals surface area contributed by atoms with E-state index in [0.29, 0.717) is 45.3 Å². The maximum atomic E-state index is 6.40. The number of pyridine rings is 1. The number of hydrogen-bond acceptors (Lipinski definition) is 6. The van der Waals surface area contributed by atoms with Gasteiger partial charge in [-0.25, -0.2) is 9.97 Å². The number of nitrogens with two attached hydrogens (primary N) is 1. The van der Waals surface area contributed by atoms with Crippen LogP contribution in [0, 0.1) is 11.8 Å². The number of nitrogens with one attached hydrogen (secondary N) is 1. The molecule has 4 aromatic rings. The van der Waals surface area contributed by atoms with E-state index in [-0.39, 0.29) is 5.41 Å². The molecule has 32 heavy (non-hydrogen) atoms. The van der Waals surface area contributed by atoms with E-state index in [1.54, 1.807) is 6.07 Å². The molecule has 162 valence electrons. The highest BCUT2D eigenvalue weighted by molar-refractivity contribution is 6.43. The van der Waals surface area contributed by atoms with Gasteiger partial charge < -0.3 is 10.6 Å². The zero-order valence-electron chi connectivity index (χ0n) is 17.2. The minimum Gasteiger partial charge on any atom is -0.355 e. The maximum Gasteiger partial charge on any atom is 0.202 e. The molecule has 3 N–H and O–H groups in total. The molecule has 1 aliphatic carbocycles. The summed E-state index contributed by atoms with van der Waals surface area (Å²) in [7, 11) is 0.